The van der Waals surface area contributed by atoms with Crippen LogP contribution < -0.4 is 5.32 Å². The number of rotatable bonds is 6. The lowest BCUT2D eigenvalue weighted by molar-refractivity contribution is -0.380. The number of thiophene rings is 1. The first-order valence-corrected chi connectivity index (χ1v) is 8.91. The van der Waals surface area contributed by atoms with Crippen LogP contribution in [0.3, 0.4) is 0 Å². The van der Waals surface area contributed by atoms with Gasteiger partial charge in [-0.3, -0.25) is 14.9 Å². The Hall–Kier alpha value is -2.39. The van der Waals surface area contributed by atoms with E-state index in [0.717, 1.165) is 22.3 Å². The van der Waals surface area contributed by atoms with Crippen LogP contribution in [0, 0.1) is 10.1 Å². The number of anilines is 1. The van der Waals surface area contributed by atoms with Crippen LogP contribution in [-0.4, -0.2) is 29.7 Å². The predicted octanol–water partition coefficient (Wildman–Crippen LogP) is 3.81. The van der Waals surface area contributed by atoms with E-state index in [1.807, 2.05) is 12.3 Å². The second-order valence-electron chi connectivity index (χ2n) is 4.46. The molecule has 0 bridgehead atoms. The van der Waals surface area contributed by atoms with Crippen LogP contribution in [0.5, 0.6) is 0 Å². The van der Waals surface area contributed by atoms with E-state index in [1.54, 1.807) is 25.1 Å². The summed E-state index contributed by atoms with van der Waals surface area (Å²) in [4.78, 5) is 35.5. The largest absolute Gasteiger partial charge is 0.462 e. The highest BCUT2D eigenvalue weighted by Gasteiger charge is 2.24. The van der Waals surface area contributed by atoms with Gasteiger partial charge < -0.3 is 10.1 Å². The van der Waals surface area contributed by atoms with E-state index < -0.39 is 16.8 Å². The summed E-state index contributed by atoms with van der Waals surface area (Å²) in [6, 6.07) is 8.08. The minimum absolute atomic E-state index is 0.0245. The number of carbonyl (C=O) groups is 2. The number of benzene rings is 1. The number of nitrogens with one attached hydrogen (secondary N) is 1. The summed E-state index contributed by atoms with van der Waals surface area (Å²) in [5.41, 5.74) is 0.402. The number of nitrogens with zero attached hydrogens (tertiary/aromatic N) is 1. The van der Waals surface area contributed by atoms with Crippen molar-refractivity contribution in [1.82, 2.24) is 0 Å². The van der Waals surface area contributed by atoms with Crippen molar-refractivity contribution in [1.29, 1.82) is 0 Å². The zero-order valence-corrected chi connectivity index (χ0v) is 14.5. The predicted molar refractivity (Wildman–Crippen MR) is 93.1 cm³/mol. The second-order valence-corrected chi connectivity index (χ2v) is 6.34. The fraction of sp³-hybridized carbons (Fsp3) is 0.200. The molecule has 9 heteroatoms. The molecule has 0 saturated heterocycles. The van der Waals surface area contributed by atoms with E-state index in [-0.39, 0.29) is 22.2 Å². The third-order valence-electron chi connectivity index (χ3n) is 2.97. The van der Waals surface area contributed by atoms with Crippen molar-refractivity contribution in [2.45, 2.75) is 11.8 Å². The minimum Gasteiger partial charge on any atom is -0.462 e. The van der Waals surface area contributed by atoms with Crippen LogP contribution in [0.25, 0.3) is 0 Å². The van der Waals surface area contributed by atoms with E-state index in [9.17, 15) is 19.7 Å². The lowest BCUT2D eigenvalue weighted by Crippen LogP contribution is -2.15. The van der Waals surface area contributed by atoms with Gasteiger partial charge in [-0.25, -0.2) is 4.79 Å². The maximum atomic E-state index is 12.5. The van der Waals surface area contributed by atoms with Crippen LogP contribution in [0.1, 0.15) is 27.6 Å². The Labute approximate surface area is 146 Å². The molecule has 0 aliphatic carbocycles. The van der Waals surface area contributed by atoms with E-state index >= 15 is 0 Å². The summed E-state index contributed by atoms with van der Waals surface area (Å²) in [6.45, 7) is 1.76. The molecule has 126 valence electrons. The molecule has 1 heterocycles. The maximum absolute atomic E-state index is 12.5. The minimum atomic E-state index is -0.713. The fourth-order valence-corrected chi connectivity index (χ4v) is 3.38. The molecule has 0 saturated carbocycles. The molecule has 2 rings (SSSR count). The number of thioether (sulfide) groups is 1. The third-order valence-corrected chi connectivity index (χ3v) is 4.77. The lowest BCUT2D eigenvalue weighted by atomic mass is 10.2. The SMILES string of the molecule is CCOC(=O)c1cc([N+](=O)[O-])sc1NC(=O)c1ccccc1SC. The highest BCUT2D eigenvalue weighted by molar-refractivity contribution is 7.98. The average Bonchev–Trinajstić information content (AvgIpc) is 2.99. The second kappa shape index (κ2) is 7.93. The summed E-state index contributed by atoms with van der Waals surface area (Å²) in [5, 5.41) is 13.4. The Morgan fingerprint density at radius 3 is 2.67 bits per heavy atom. The lowest BCUT2D eigenvalue weighted by Gasteiger charge is -2.08. The number of ether oxygens (including phenoxy) is 1. The van der Waals surface area contributed by atoms with Gasteiger partial charge >= 0.3 is 11.0 Å². The molecule has 1 amide bonds. The first kappa shape index (κ1) is 18.0. The molecule has 0 aliphatic heterocycles. The molecule has 1 aromatic carbocycles. The zero-order chi connectivity index (χ0) is 17.7. The molecule has 2 aromatic rings. The van der Waals surface area contributed by atoms with E-state index in [4.69, 9.17) is 4.74 Å². The number of nitro groups is 1. The Bertz CT molecular complexity index is 788. The van der Waals surface area contributed by atoms with Gasteiger partial charge in [-0.1, -0.05) is 12.1 Å². The molecule has 24 heavy (non-hydrogen) atoms. The van der Waals surface area contributed by atoms with Gasteiger partial charge in [0.25, 0.3) is 5.91 Å². The molecule has 0 radical (unpaired) electrons. The molecular formula is C15H14N2O5S2. The molecule has 0 atom stereocenters. The van der Waals surface area contributed by atoms with Crippen LogP contribution >= 0.6 is 23.1 Å². The number of amides is 1. The highest BCUT2D eigenvalue weighted by Crippen LogP contribution is 2.35. The van der Waals surface area contributed by atoms with Crippen LogP contribution in [0.2, 0.25) is 0 Å². The maximum Gasteiger partial charge on any atom is 0.341 e. The van der Waals surface area contributed by atoms with Crippen LogP contribution in [0.15, 0.2) is 35.2 Å². The van der Waals surface area contributed by atoms with Crippen molar-refractivity contribution in [3.05, 3.63) is 51.6 Å². The van der Waals surface area contributed by atoms with E-state index in [0.29, 0.717) is 5.56 Å². The summed E-state index contributed by atoms with van der Waals surface area (Å²) in [7, 11) is 0. The standard InChI is InChI=1S/C15H14N2O5S2/c1-3-22-15(19)10-8-12(17(20)21)24-14(10)16-13(18)9-6-4-5-7-11(9)23-2/h4-8H,3H2,1-2H3,(H,16,18). The van der Waals surface area contributed by atoms with Gasteiger partial charge in [0.1, 0.15) is 10.6 Å². The normalized spacial score (nSPS) is 10.2. The van der Waals surface area contributed by atoms with Gasteiger partial charge in [-0.05, 0) is 36.6 Å². The molecule has 7 nitrogen and oxygen atoms in total. The molecular weight excluding hydrogens is 352 g/mol. The number of hydrogen-bond acceptors (Lipinski definition) is 7. The molecule has 0 unspecified atom stereocenters. The first-order valence-electron chi connectivity index (χ1n) is 6.87. The molecule has 0 fully saturated rings. The third kappa shape index (κ3) is 3.92. The van der Waals surface area contributed by atoms with Crippen molar-refractivity contribution in [2.24, 2.45) is 0 Å². The monoisotopic (exact) mass is 366 g/mol. The van der Waals surface area contributed by atoms with Gasteiger partial charge in [-0.2, -0.15) is 0 Å². The quantitative estimate of drug-likeness (QED) is 0.361. The van der Waals surface area contributed by atoms with E-state index in [1.165, 1.54) is 11.8 Å². The van der Waals surface area contributed by atoms with Crippen molar-refractivity contribution < 1.29 is 19.2 Å². The number of carbonyl (C=O) groups excluding carboxylic acids is 2. The van der Waals surface area contributed by atoms with Crippen molar-refractivity contribution in [3.8, 4) is 0 Å². The smallest absolute Gasteiger partial charge is 0.341 e. The summed E-state index contributed by atoms with van der Waals surface area (Å²) < 4.78 is 4.88. The van der Waals surface area contributed by atoms with Gasteiger partial charge in [-0.15, -0.1) is 11.8 Å². The molecule has 1 aromatic heterocycles. The van der Waals surface area contributed by atoms with Crippen LogP contribution in [0.4, 0.5) is 10.0 Å². The van der Waals surface area contributed by atoms with Crippen LogP contribution in [-0.2, 0) is 4.74 Å². The van der Waals surface area contributed by atoms with Crippen molar-refractivity contribution in [3.63, 3.8) is 0 Å². The summed E-state index contributed by atoms with van der Waals surface area (Å²) in [6.07, 6.45) is 1.84. The fourth-order valence-electron chi connectivity index (χ4n) is 1.92. The van der Waals surface area contributed by atoms with E-state index in [2.05, 4.69) is 5.32 Å². The number of hydrogen-bond donors (Lipinski definition) is 1. The number of esters is 1. The summed E-state index contributed by atoms with van der Waals surface area (Å²) in [5.74, 6) is -1.16. The summed E-state index contributed by atoms with van der Waals surface area (Å²) >= 11 is 2.13. The molecule has 0 spiro atoms. The van der Waals surface area contributed by atoms with Crippen molar-refractivity contribution >= 4 is 45.0 Å². The van der Waals surface area contributed by atoms with Gasteiger partial charge in [0.2, 0.25) is 0 Å². The highest BCUT2D eigenvalue weighted by atomic mass is 32.2. The Kier molecular flexibility index (Phi) is 5.93. The Balaban J connectivity index is 2.35. The topological polar surface area (TPSA) is 98.5 Å². The van der Waals surface area contributed by atoms with Gasteiger partial charge in [0, 0.05) is 11.0 Å². The molecule has 0 aliphatic rings. The first-order chi connectivity index (χ1) is 11.5. The van der Waals surface area contributed by atoms with Gasteiger partial charge in [0.15, 0.2) is 0 Å². The molecule has 1 N–H and O–H groups in total. The average molecular weight is 366 g/mol. The van der Waals surface area contributed by atoms with Gasteiger partial charge in [0.05, 0.1) is 17.1 Å². The van der Waals surface area contributed by atoms with Crippen molar-refractivity contribution in [2.75, 3.05) is 18.2 Å². The Morgan fingerprint density at radius 1 is 1.33 bits per heavy atom. The zero-order valence-electron chi connectivity index (χ0n) is 12.9. The Morgan fingerprint density at radius 2 is 2.04 bits per heavy atom.